The molecule has 0 aromatic carbocycles. The average molecular weight is 497 g/mol. The van der Waals surface area contributed by atoms with Gasteiger partial charge in [-0.05, 0) is 0 Å². The number of hydrogen-bond acceptors (Lipinski definition) is 3. The number of carbonyl (C=O) groups is 1. The van der Waals surface area contributed by atoms with Gasteiger partial charge in [0.05, 0.1) is 0 Å². The van der Waals surface area contributed by atoms with E-state index in [1.54, 1.807) is 0 Å². The molecule has 1 aromatic rings. The molecule has 1 amide bonds. The van der Waals surface area contributed by atoms with Crippen molar-refractivity contribution in [1.29, 1.82) is 0 Å². The molecule has 160 valence electrons. The van der Waals surface area contributed by atoms with Gasteiger partial charge in [0, 0.05) is 0 Å². The SMILES string of the molecule is CCC[CH2][Sn]([CH2]CCC)([CH2]CCC)[CH](NC(=O)OC(C)(C)C)c1cccnc1. The fourth-order valence-electron chi connectivity index (χ4n) is 3.96. The molecule has 0 saturated heterocycles. The van der Waals surface area contributed by atoms with Crippen LogP contribution in [0.5, 0.6) is 0 Å². The zero-order valence-electron chi connectivity index (χ0n) is 19.0. The molecule has 28 heavy (non-hydrogen) atoms. The Morgan fingerprint density at radius 3 is 2.00 bits per heavy atom. The van der Waals surface area contributed by atoms with Crippen LogP contribution in [0, 0.1) is 0 Å². The molecule has 4 nitrogen and oxygen atoms in total. The summed E-state index contributed by atoms with van der Waals surface area (Å²) in [5.41, 5.74) is 0.685. The maximum atomic E-state index is 12.8. The minimum absolute atomic E-state index is 0.127. The molecule has 1 N–H and O–H groups in total. The van der Waals surface area contributed by atoms with Gasteiger partial charge in [-0.15, -0.1) is 0 Å². The summed E-state index contributed by atoms with van der Waals surface area (Å²) in [6.07, 6.45) is 10.9. The molecule has 1 unspecified atom stereocenters. The third kappa shape index (κ3) is 8.71. The van der Waals surface area contributed by atoms with Gasteiger partial charge in [-0.1, -0.05) is 0 Å². The quantitative estimate of drug-likeness (QED) is 0.316. The summed E-state index contributed by atoms with van der Waals surface area (Å²) >= 11 is -2.77. The molecule has 0 saturated carbocycles. The average Bonchev–Trinajstić information content (AvgIpc) is 2.65. The van der Waals surface area contributed by atoms with E-state index in [-0.39, 0.29) is 10.2 Å². The van der Waals surface area contributed by atoms with Crippen molar-refractivity contribution < 1.29 is 9.53 Å². The van der Waals surface area contributed by atoms with Gasteiger partial charge in [-0.3, -0.25) is 0 Å². The second kappa shape index (κ2) is 12.7. The number of unbranched alkanes of at least 4 members (excludes halogenated alkanes) is 3. The second-order valence-corrected chi connectivity index (χ2v) is 22.7. The van der Waals surface area contributed by atoms with Crippen LogP contribution in [-0.2, 0) is 4.74 Å². The van der Waals surface area contributed by atoms with Gasteiger partial charge in [0.25, 0.3) is 0 Å². The number of hydrogen-bond donors (Lipinski definition) is 1. The van der Waals surface area contributed by atoms with Crippen molar-refractivity contribution in [3.8, 4) is 0 Å². The van der Waals surface area contributed by atoms with Crippen LogP contribution < -0.4 is 5.32 Å². The molecule has 1 rings (SSSR count). The summed E-state index contributed by atoms with van der Waals surface area (Å²) < 4.78 is 9.75. The first-order valence-electron chi connectivity index (χ1n) is 11.2. The summed E-state index contributed by atoms with van der Waals surface area (Å²) in [5, 5.41) is 3.35. The van der Waals surface area contributed by atoms with E-state index in [0.717, 1.165) is 0 Å². The van der Waals surface area contributed by atoms with E-state index in [1.807, 2.05) is 39.2 Å². The van der Waals surface area contributed by atoms with Gasteiger partial charge < -0.3 is 0 Å². The number of nitrogens with zero attached hydrogens (tertiary/aromatic N) is 1. The van der Waals surface area contributed by atoms with E-state index in [4.69, 9.17) is 4.74 Å². The normalized spacial score (nSPS) is 13.2. The molecule has 1 heterocycles. The summed E-state index contributed by atoms with van der Waals surface area (Å²) in [5.74, 6) is 0. The number of rotatable bonds is 12. The van der Waals surface area contributed by atoms with E-state index in [9.17, 15) is 4.79 Å². The van der Waals surface area contributed by atoms with Gasteiger partial charge in [-0.25, -0.2) is 0 Å². The zero-order valence-corrected chi connectivity index (χ0v) is 21.9. The summed E-state index contributed by atoms with van der Waals surface area (Å²) in [4.78, 5) is 17.2. The second-order valence-electron chi connectivity index (χ2n) is 9.04. The zero-order chi connectivity index (χ0) is 21.0. The fraction of sp³-hybridized carbons (Fsp3) is 0.739. The molecule has 0 bridgehead atoms. The molecule has 0 aliphatic rings. The Hall–Kier alpha value is -0.781. The van der Waals surface area contributed by atoms with E-state index in [2.05, 4.69) is 37.1 Å². The Morgan fingerprint density at radius 2 is 1.61 bits per heavy atom. The van der Waals surface area contributed by atoms with Crippen molar-refractivity contribution >= 4 is 24.5 Å². The first-order chi connectivity index (χ1) is 13.3. The Kier molecular flexibility index (Phi) is 11.5. The summed E-state index contributed by atoms with van der Waals surface area (Å²) in [7, 11) is 0. The van der Waals surface area contributed by atoms with Crippen molar-refractivity contribution in [2.75, 3.05) is 0 Å². The Balaban J connectivity index is 3.31. The van der Waals surface area contributed by atoms with Gasteiger partial charge in [-0.2, -0.15) is 0 Å². The Morgan fingerprint density at radius 1 is 1.07 bits per heavy atom. The van der Waals surface area contributed by atoms with Gasteiger partial charge in [0.15, 0.2) is 0 Å². The van der Waals surface area contributed by atoms with Gasteiger partial charge in [0.2, 0.25) is 0 Å². The number of carbonyl (C=O) groups excluding carboxylic acids is 1. The van der Waals surface area contributed by atoms with Crippen LogP contribution in [-0.4, -0.2) is 35.1 Å². The molecule has 0 fully saturated rings. The van der Waals surface area contributed by atoms with E-state index in [1.165, 1.54) is 57.4 Å². The number of aromatic nitrogens is 1. The first kappa shape index (κ1) is 25.3. The van der Waals surface area contributed by atoms with Crippen molar-refractivity contribution in [1.82, 2.24) is 10.3 Å². The molecule has 0 spiro atoms. The van der Waals surface area contributed by atoms with E-state index >= 15 is 0 Å². The van der Waals surface area contributed by atoms with Crippen LogP contribution in [0.1, 0.15) is 89.7 Å². The number of alkyl carbamates (subject to hydrolysis) is 1. The molecule has 1 atom stereocenters. The third-order valence-electron chi connectivity index (χ3n) is 5.38. The van der Waals surface area contributed by atoms with Crippen molar-refractivity contribution in [3.63, 3.8) is 0 Å². The van der Waals surface area contributed by atoms with Crippen molar-refractivity contribution in [2.45, 2.75) is 103 Å². The molecular weight excluding hydrogens is 455 g/mol. The van der Waals surface area contributed by atoms with Crippen LogP contribution in [0.25, 0.3) is 0 Å². The maximum absolute atomic E-state index is 12.8. The number of amides is 1. The molecule has 0 radical (unpaired) electrons. The predicted octanol–water partition coefficient (Wildman–Crippen LogP) is 7.04. The monoisotopic (exact) mass is 498 g/mol. The molecular formula is C23H42N2O2Sn. The van der Waals surface area contributed by atoms with Gasteiger partial charge in [0.1, 0.15) is 0 Å². The molecule has 0 aliphatic heterocycles. The fourth-order valence-corrected chi connectivity index (χ4v) is 21.3. The van der Waals surface area contributed by atoms with E-state index < -0.39 is 24.0 Å². The summed E-state index contributed by atoms with van der Waals surface area (Å²) in [6.45, 7) is 12.6. The molecule has 5 heteroatoms. The molecule has 0 aliphatic carbocycles. The standard InChI is InChI=1S/C11H15N2O2.3C4H9.Sn/c1-11(2,3)15-10(14)13-8-9-5-4-6-12-7-9;3*1-3-4-2;/h4-8H,1-3H3,(H,13,14);3*1,3-4H2,2H3;. The third-order valence-corrected chi connectivity index (χ3v) is 21.8. The number of nitrogens with one attached hydrogen (secondary N) is 1. The predicted molar refractivity (Wildman–Crippen MR) is 121 cm³/mol. The van der Waals surface area contributed by atoms with Crippen LogP contribution in [0.2, 0.25) is 13.3 Å². The van der Waals surface area contributed by atoms with Crippen LogP contribution in [0.4, 0.5) is 4.79 Å². The topological polar surface area (TPSA) is 51.2 Å². The van der Waals surface area contributed by atoms with Crippen molar-refractivity contribution in [3.05, 3.63) is 30.1 Å². The van der Waals surface area contributed by atoms with Crippen LogP contribution in [0.15, 0.2) is 24.5 Å². The number of ether oxygens (including phenoxy) is 1. The molecule has 1 aromatic heterocycles. The summed E-state index contributed by atoms with van der Waals surface area (Å²) in [6, 6.07) is 4.14. The van der Waals surface area contributed by atoms with Gasteiger partial charge >= 0.3 is 177 Å². The first-order valence-corrected chi connectivity index (χ1v) is 18.9. The minimum atomic E-state index is -2.77. The van der Waals surface area contributed by atoms with Crippen LogP contribution in [0.3, 0.4) is 0 Å². The Labute approximate surface area is 177 Å². The Bertz CT molecular complexity index is 536. The van der Waals surface area contributed by atoms with Crippen LogP contribution >= 0.6 is 0 Å². The van der Waals surface area contributed by atoms with Crippen molar-refractivity contribution in [2.24, 2.45) is 0 Å². The van der Waals surface area contributed by atoms with E-state index in [0.29, 0.717) is 0 Å². The number of pyridine rings is 1.